The monoisotopic (exact) mass is 325 g/mol. The molecule has 0 aliphatic heterocycles. The molecule has 4 heteroatoms. The molecule has 0 radical (unpaired) electrons. The molecule has 1 aliphatic carbocycles. The minimum atomic E-state index is -0.0214. The molecule has 3 rings (SSSR count). The Morgan fingerprint density at radius 3 is 2.50 bits per heavy atom. The number of amides is 1. The number of carbonyl (C=O) groups excluding carboxylic acids is 1. The molecule has 0 atom stereocenters. The van der Waals surface area contributed by atoms with E-state index >= 15 is 0 Å². The summed E-state index contributed by atoms with van der Waals surface area (Å²) in [5.41, 5.74) is 5.70. The Hall–Kier alpha value is -2.10. The summed E-state index contributed by atoms with van der Waals surface area (Å²) in [6, 6.07) is 8.53. The molecule has 0 unspecified atom stereocenters. The van der Waals surface area contributed by atoms with Crippen LogP contribution in [0.1, 0.15) is 60.1 Å². The summed E-state index contributed by atoms with van der Waals surface area (Å²) >= 11 is 0. The van der Waals surface area contributed by atoms with E-state index in [0.29, 0.717) is 6.54 Å². The molecule has 1 aromatic heterocycles. The Balaban J connectivity index is 1.63. The van der Waals surface area contributed by atoms with Crippen molar-refractivity contribution in [2.75, 3.05) is 0 Å². The number of fused-ring (bicyclic) bond motifs is 1. The normalized spacial score (nSPS) is 13.8. The Morgan fingerprint density at radius 1 is 1.17 bits per heavy atom. The van der Waals surface area contributed by atoms with Crippen molar-refractivity contribution >= 4 is 5.91 Å². The zero-order valence-corrected chi connectivity index (χ0v) is 15.1. The quantitative estimate of drug-likeness (QED) is 0.936. The highest BCUT2D eigenvalue weighted by Gasteiger charge is 2.24. The first-order valence-corrected chi connectivity index (χ1v) is 8.74. The molecule has 1 aliphatic rings. The first-order chi connectivity index (χ1) is 11.3. The van der Waals surface area contributed by atoms with Crippen molar-refractivity contribution < 1.29 is 4.79 Å². The van der Waals surface area contributed by atoms with Gasteiger partial charge in [0.25, 0.3) is 5.91 Å². The lowest BCUT2D eigenvalue weighted by molar-refractivity contribution is 0.0940. The maximum atomic E-state index is 12.5. The van der Waals surface area contributed by atoms with E-state index in [1.807, 2.05) is 7.05 Å². The second kappa shape index (κ2) is 6.42. The molecule has 128 valence electrons. The van der Waals surface area contributed by atoms with Gasteiger partial charge < -0.3 is 5.32 Å². The number of carbonyl (C=O) groups is 1. The number of aromatic nitrogens is 2. The lowest BCUT2D eigenvalue weighted by atomic mass is 9.88. The summed E-state index contributed by atoms with van der Waals surface area (Å²) in [6.07, 6.45) is 4.12. The Kier molecular flexibility index (Phi) is 4.48. The number of aryl methyl sites for hydroxylation is 2. The fraction of sp³-hybridized carbons (Fsp3) is 0.500. The van der Waals surface area contributed by atoms with Gasteiger partial charge in [-0.3, -0.25) is 9.48 Å². The van der Waals surface area contributed by atoms with Crippen LogP contribution in [0.4, 0.5) is 0 Å². The van der Waals surface area contributed by atoms with Crippen molar-refractivity contribution in [3.8, 4) is 0 Å². The minimum absolute atomic E-state index is 0.0214. The van der Waals surface area contributed by atoms with Crippen LogP contribution in [0, 0.1) is 5.41 Å². The number of benzene rings is 1. The van der Waals surface area contributed by atoms with Gasteiger partial charge in [0.2, 0.25) is 0 Å². The minimum Gasteiger partial charge on any atom is -0.347 e. The third-order valence-electron chi connectivity index (χ3n) is 4.49. The first-order valence-electron chi connectivity index (χ1n) is 8.74. The van der Waals surface area contributed by atoms with E-state index in [4.69, 9.17) is 0 Å². The van der Waals surface area contributed by atoms with Crippen molar-refractivity contribution in [3.63, 3.8) is 0 Å². The maximum absolute atomic E-state index is 12.5. The number of hydrogen-bond acceptors (Lipinski definition) is 2. The maximum Gasteiger partial charge on any atom is 0.270 e. The summed E-state index contributed by atoms with van der Waals surface area (Å²) in [5.74, 6) is -0.0214. The van der Waals surface area contributed by atoms with Crippen LogP contribution >= 0.6 is 0 Å². The largest absolute Gasteiger partial charge is 0.347 e. The second-order valence-corrected chi connectivity index (χ2v) is 7.99. The van der Waals surface area contributed by atoms with E-state index in [-0.39, 0.29) is 11.3 Å². The predicted molar refractivity (Wildman–Crippen MR) is 96.0 cm³/mol. The number of hydrogen-bond donors (Lipinski definition) is 1. The van der Waals surface area contributed by atoms with Crippen molar-refractivity contribution in [3.05, 3.63) is 52.3 Å². The first kappa shape index (κ1) is 16.7. The summed E-state index contributed by atoms with van der Waals surface area (Å²) in [6.45, 7) is 7.28. The molecule has 1 heterocycles. The van der Waals surface area contributed by atoms with E-state index < -0.39 is 0 Å². The van der Waals surface area contributed by atoms with Gasteiger partial charge in [0.1, 0.15) is 5.69 Å². The second-order valence-electron chi connectivity index (χ2n) is 7.99. The standard InChI is InChI=1S/C20H27N3O/c1-20(2,3)12-14-8-10-15(11-9-14)13-21-19(24)18-16-6-5-7-17(16)22-23(18)4/h8-11H,5-7,12-13H2,1-4H3,(H,21,24). The molecule has 4 nitrogen and oxygen atoms in total. The van der Waals surface area contributed by atoms with E-state index in [1.165, 1.54) is 5.56 Å². The highest BCUT2D eigenvalue weighted by molar-refractivity contribution is 5.94. The van der Waals surface area contributed by atoms with Crippen LogP contribution in [0.15, 0.2) is 24.3 Å². The van der Waals surface area contributed by atoms with Crippen LogP contribution in [0.3, 0.4) is 0 Å². The smallest absolute Gasteiger partial charge is 0.270 e. The highest BCUT2D eigenvalue weighted by Crippen LogP contribution is 2.24. The summed E-state index contributed by atoms with van der Waals surface area (Å²) in [5, 5.41) is 7.51. The molecule has 0 bridgehead atoms. The summed E-state index contributed by atoms with van der Waals surface area (Å²) in [7, 11) is 1.86. The molecule has 2 aromatic rings. The van der Waals surface area contributed by atoms with E-state index in [1.54, 1.807) is 4.68 Å². The van der Waals surface area contributed by atoms with Gasteiger partial charge in [0.15, 0.2) is 0 Å². The molecule has 1 N–H and O–H groups in total. The Bertz CT molecular complexity index is 735. The fourth-order valence-corrected chi connectivity index (χ4v) is 3.46. The Labute approximate surface area is 144 Å². The highest BCUT2D eigenvalue weighted by atomic mass is 16.2. The van der Waals surface area contributed by atoms with E-state index in [0.717, 1.165) is 48.2 Å². The third-order valence-corrected chi connectivity index (χ3v) is 4.49. The summed E-state index contributed by atoms with van der Waals surface area (Å²) < 4.78 is 1.73. The number of rotatable bonds is 4. The van der Waals surface area contributed by atoms with Crippen LogP contribution in [-0.4, -0.2) is 15.7 Å². The summed E-state index contributed by atoms with van der Waals surface area (Å²) in [4.78, 5) is 12.5. The van der Waals surface area contributed by atoms with Crippen molar-refractivity contribution in [1.82, 2.24) is 15.1 Å². The molecule has 0 saturated carbocycles. The molecular weight excluding hydrogens is 298 g/mol. The van der Waals surface area contributed by atoms with Gasteiger partial charge in [-0.25, -0.2) is 0 Å². The van der Waals surface area contributed by atoms with Gasteiger partial charge in [-0.1, -0.05) is 45.0 Å². The molecule has 1 amide bonds. The van der Waals surface area contributed by atoms with E-state index in [9.17, 15) is 4.79 Å². The topological polar surface area (TPSA) is 46.9 Å². The molecular formula is C20H27N3O. The van der Waals surface area contributed by atoms with Crippen molar-refractivity contribution in [1.29, 1.82) is 0 Å². The van der Waals surface area contributed by atoms with Crippen LogP contribution < -0.4 is 5.32 Å². The number of nitrogens with zero attached hydrogens (tertiary/aromatic N) is 2. The predicted octanol–water partition coefficient (Wildman–Crippen LogP) is 3.43. The van der Waals surface area contributed by atoms with Crippen LogP contribution in [0.5, 0.6) is 0 Å². The molecule has 24 heavy (non-hydrogen) atoms. The van der Waals surface area contributed by atoms with Crippen LogP contribution in [0.25, 0.3) is 0 Å². The van der Waals surface area contributed by atoms with Crippen molar-refractivity contribution in [2.45, 2.75) is 53.0 Å². The molecule has 0 fully saturated rings. The lowest BCUT2D eigenvalue weighted by Gasteiger charge is -2.18. The van der Waals surface area contributed by atoms with Gasteiger partial charge in [-0.05, 0) is 42.2 Å². The van der Waals surface area contributed by atoms with Gasteiger partial charge in [0.05, 0.1) is 5.69 Å². The average molecular weight is 325 g/mol. The molecule has 0 spiro atoms. The van der Waals surface area contributed by atoms with Crippen LogP contribution in [0.2, 0.25) is 0 Å². The van der Waals surface area contributed by atoms with Gasteiger partial charge in [-0.15, -0.1) is 0 Å². The third kappa shape index (κ3) is 3.69. The van der Waals surface area contributed by atoms with Gasteiger partial charge >= 0.3 is 0 Å². The zero-order valence-electron chi connectivity index (χ0n) is 15.1. The molecule has 0 saturated heterocycles. The SMILES string of the molecule is Cn1nc2c(c1C(=O)NCc1ccc(CC(C)(C)C)cc1)CCC2. The lowest BCUT2D eigenvalue weighted by Crippen LogP contribution is -2.26. The van der Waals surface area contributed by atoms with Crippen LogP contribution in [-0.2, 0) is 32.9 Å². The Morgan fingerprint density at radius 2 is 1.83 bits per heavy atom. The molecule has 1 aromatic carbocycles. The van der Waals surface area contributed by atoms with Gasteiger partial charge in [0, 0.05) is 19.2 Å². The number of nitrogens with one attached hydrogen (secondary N) is 1. The average Bonchev–Trinajstić information content (AvgIpc) is 3.04. The van der Waals surface area contributed by atoms with Gasteiger partial charge in [-0.2, -0.15) is 5.10 Å². The fourth-order valence-electron chi connectivity index (χ4n) is 3.46. The van der Waals surface area contributed by atoms with E-state index in [2.05, 4.69) is 55.5 Å². The zero-order chi connectivity index (χ0) is 17.3. The van der Waals surface area contributed by atoms with Crippen molar-refractivity contribution in [2.24, 2.45) is 12.5 Å².